The van der Waals surface area contributed by atoms with Gasteiger partial charge in [-0.15, -0.1) is 0 Å². The average Bonchev–Trinajstić information content (AvgIpc) is 2.93. The Labute approximate surface area is 135 Å². The third kappa shape index (κ3) is 3.70. The van der Waals surface area contributed by atoms with E-state index >= 15 is 0 Å². The van der Waals surface area contributed by atoms with Gasteiger partial charge in [-0.1, -0.05) is 23.7 Å². The zero-order valence-corrected chi connectivity index (χ0v) is 13.7. The van der Waals surface area contributed by atoms with Gasteiger partial charge in [0.1, 0.15) is 5.76 Å². The fourth-order valence-corrected chi connectivity index (χ4v) is 2.44. The van der Waals surface area contributed by atoms with Crippen LogP contribution >= 0.6 is 11.6 Å². The van der Waals surface area contributed by atoms with Crippen molar-refractivity contribution >= 4 is 17.5 Å². The van der Waals surface area contributed by atoms with Gasteiger partial charge in [0.2, 0.25) is 0 Å². The molecule has 118 valence electrons. The standard InChI is InChI=1S/C17H20ClNO3/c1-11(2)19(10-12(3)20)17(21)16-9-8-15(22-16)13-6-4-5-7-14(13)18/h4-9,11-12,20H,10H2,1-3H3. The Kier molecular flexibility index (Phi) is 5.27. The van der Waals surface area contributed by atoms with Crippen molar-refractivity contribution in [2.45, 2.75) is 32.9 Å². The van der Waals surface area contributed by atoms with Crippen LogP contribution in [0.15, 0.2) is 40.8 Å². The second kappa shape index (κ2) is 6.99. The summed E-state index contributed by atoms with van der Waals surface area (Å²) in [5.41, 5.74) is 0.745. The van der Waals surface area contributed by atoms with E-state index in [-0.39, 0.29) is 24.3 Å². The fourth-order valence-electron chi connectivity index (χ4n) is 2.21. The highest BCUT2D eigenvalue weighted by molar-refractivity contribution is 6.33. The second-order valence-corrected chi connectivity index (χ2v) is 5.95. The Bertz CT molecular complexity index is 649. The van der Waals surface area contributed by atoms with Crippen LogP contribution in [-0.2, 0) is 0 Å². The molecule has 1 atom stereocenters. The molecule has 1 aromatic carbocycles. The van der Waals surface area contributed by atoms with Gasteiger partial charge in [0, 0.05) is 18.2 Å². The first-order valence-electron chi connectivity index (χ1n) is 7.24. The molecule has 0 fully saturated rings. The van der Waals surface area contributed by atoms with Crippen molar-refractivity contribution in [2.75, 3.05) is 6.54 Å². The average molecular weight is 322 g/mol. The van der Waals surface area contributed by atoms with E-state index in [9.17, 15) is 9.90 Å². The van der Waals surface area contributed by atoms with Crippen LogP contribution in [0, 0.1) is 0 Å². The van der Waals surface area contributed by atoms with Crippen molar-refractivity contribution in [3.05, 3.63) is 47.2 Å². The molecule has 0 spiro atoms. The lowest BCUT2D eigenvalue weighted by molar-refractivity contribution is 0.0549. The van der Waals surface area contributed by atoms with E-state index in [1.54, 1.807) is 30.0 Å². The SMILES string of the molecule is CC(O)CN(C(=O)c1ccc(-c2ccccc2Cl)o1)C(C)C. The van der Waals surface area contributed by atoms with Gasteiger partial charge in [0.05, 0.1) is 11.1 Å². The van der Waals surface area contributed by atoms with Crippen LogP contribution in [0.1, 0.15) is 31.3 Å². The number of aliphatic hydroxyl groups excluding tert-OH is 1. The van der Waals surface area contributed by atoms with Gasteiger partial charge < -0.3 is 14.4 Å². The van der Waals surface area contributed by atoms with Gasteiger partial charge in [0.15, 0.2) is 5.76 Å². The van der Waals surface area contributed by atoms with Crippen molar-refractivity contribution in [1.29, 1.82) is 0 Å². The van der Waals surface area contributed by atoms with E-state index in [4.69, 9.17) is 16.0 Å². The van der Waals surface area contributed by atoms with Gasteiger partial charge in [-0.25, -0.2) is 0 Å². The molecule has 0 aliphatic heterocycles. The minimum Gasteiger partial charge on any atom is -0.451 e. The Morgan fingerprint density at radius 3 is 2.50 bits per heavy atom. The van der Waals surface area contributed by atoms with Crippen molar-refractivity contribution in [2.24, 2.45) is 0 Å². The maximum Gasteiger partial charge on any atom is 0.289 e. The first-order chi connectivity index (χ1) is 10.4. The van der Waals surface area contributed by atoms with Gasteiger partial charge in [0.25, 0.3) is 5.91 Å². The van der Waals surface area contributed by atoms with E-state index in [1.807, 2.05) is 32.0 Å². The molecule has 2 aromatic rings. The Morgan fingerprint density at radius 1 is 1.23 bits per heavy atom. The summed E-state index contributed by atoms with van der Waals surface area (Å²) >= 11 is 6.14. The highest BCUT2D eigenvalue weighted by Gasteiger charge is 2.23. The topological polar surface area (TPSA) is 53.7 Å². The Hall–Kier alpha value is -1.78. The van der Waals surface area contributed by atoms with Gasteiger partial charge >= 0.3 is 0 Å². The summed E-state index contributed by atoms with van der Waals surface area (Å²) in [6.45, 7) is 5.72. The molecule has 0 aliphatic rings. The quantitative estimate of drug-likeness (QED) is 0.910. The minimum absolute atomic E-state index is 0.0315. The third-order valence-electron chi connectivity index (χ3n) is 3.30. The molecular weight excluding hydrogens is 302 g/mol. The summed E-state index contributed by atoms with van der Waals surface area (Å²) in [4.78, 5) is 14.1. The van der Waals surface area contributed by atoms with Crippen molar-refractivity contribution in [3.63, 3.8) is 0 Å². The molecule has 5 heteroatoms. The first-order valence-corrected chi connectivity index (χ1v) is 7.61. The number of halogens is 1. The fraction of sp³-hybridized carbons (Fsp3) is 0.353. The molecule has 0 radical (unpaired) electrons. The zero-order valence-electron chi connectivity index (χ0n) is 12.9. The minimum atomic E-state index is -0.593. The summed E-state index contributed by atoms with van der Waals surface area (Å²) in [6.07, 6.45) is -0.593. The maximum atomic E-state index is 12.5. The van der Waals surface area contributed by atoms with Gasteiger partial charge in [-0.2, -0.15) is 0 Å². The molecule has 4 nitrogen and oxygen atoms in total. The summed E-state index contributed by atoms with van der Waals surface area (Å²) in [7, 11) is 0. The highest BCUT2D eigenvalue weighted by atomic mass is 35.5. The molecule has 0 saturated carbocycles. The van der Waals surface area contributed by atoms with Crippen LogP contribution in [0.3, 0.4) is 0 Å². The summed E-state index contributed by atoms with van der Waals surface area (Å²) < 4.78 is 5.67. The first kappa shape index (κ1) is 16.6. The number of furan rings is 1. The molecule has 1 amide bonds. The lowest BCUT2D eigenvalue weighted by atomic mass is 10.2. The number of benzene rings is 1. The number of carbonyl (C=O) groups is 1. The number of hydrogen-bond acceptors (Lipinski definition) is 3. The van der Waals surface area contributed by atoms with E-state index in [0.29, 0.717) is 10.8 Å². The zero-order chi connectivity index (χ0) is 16.3. The van der Waals surface area contributed by atoms with Crippen molar-refractivity contribution < 1.29 is 14.3 Å². The normalized spacial score (nSPS) is 12.5. The molecule has 1 aromatic heterocycles. The molecule has 0 bridgehead atoms. The molecular formula is C17H20ClNO3. The van der Waals surface area contributed by atoms with Gasteiger partial charge in [-0.3, -0.25) is 4.79 Å². The Balaban J connectivity index is 2.27. The molecule has 2 rings (SSSR count). The summed E-state index contributed by atoms with van der Waals surface area (Å²) in [5.74, 6) is 0.549. The summed E-state index contributed by atoms with van der Waals surface area (Å²) in [6, 6.07) is 10.6. The lowest BCUT2D eigenvalue weighted by Gasteiger charge is -2.27. The number of nitrogens with zero attached hydrogens (tertiary/aromatic N) is 1. The predicted octanol–water partition coefficient (Wildman–Crippen LogP) is 3.83. The van der Waals surface area contributed by atoms with E-state index in [2.05, 4.69) is 0 Å². The van der Waals surface area contributed by atoms with E-state index < -0.39 is 6.10 Å². The number of rotatable bonds is 5. The number of aliphatic hydroxyl groups is 1. The lowest BCUT2D eigenvalue weighted by Crippen LogP contribution is -2.41. The van der Waals surface area contributed by atoms with Crippen LogP contribution in [-0.4, -0.2) is 34.6 Å². The number of carbonyl (C=O) groups excluding carboxylic acids is 1. The van der Waals surface area contributed by atoms with E-state index in [1.165, 1.54) is 0 Å². The Morgan fingerprint density at radius 2 is 1.91 bits per heavy atom. The molecule has 0 saturated heterocycles. The van der Waals surface area contributed by atoms with Crippen LogP contribution in [0.5, 0.6) is 0 Å². The molecule has 22 heavy (non-hydrogen) atoms. The second-order valence-electron chi connectivity index (χ2n) is 5.54. The number of amides is 1. The largest absolute Gasteiger partial charge is 0.451 e. The third-order valence-corrected chi connectivity index (χ3v) is 3.63. The van der Waals surface area contributed by atoms with Crippen LogP contribution in [0.2, 0.25) is 5.02 Å². The molecule has 1 unspecified atom stereocenters. The maximum absolute atomic E-state index is 12.5. The van der Waals surface area contributed by atoms with Crippen LogP contribution < -0.4 is 0 Å². The van der Waals surface area contributed by atoms with Crippen LogP contribution in [0.25, 0.3) is 11.3 Å². The highest BCUT2D eigenvalue weighted by Crippen LogP contribution is 2.29. The molecule has 1 N–H and O–H groups in total. The smallest absolute Gasteiger partial charge is 0.289 e. The van der Waals surface area contributed by atoms with Crippen molar-refractivity contribution in [3.8, 4) is 11.3 Å². The molecule has 1 heterocycles. The van der Waals surface area contributed by atoms with E-state index in [0.717, 1.165) is 5.56 Å². The number of hydrogen-bond donors (Lipinski definition) is 1. The van der Waals surface area contributed by atoms with Crippen LogP contribution in [0.4, 0.5) is 0 Å². The molecule has 0 aliphatic carbocycles. The summed E-state index contributed by atoms with van der Waals surface area (Å²) in [5, 5.41) is 10.1. The monoisotopic (exact) mass is 321 g/mol. The predicted molar refractivity (Wildman–Crippen MR) is 87.0 cm³/mol. The van der Waals surface area contributed by atoms with Crippen molar-refractivity contribution in [1.82, 2.24) is 4.90 Å². The van der Waals surface area contributed by atoms with Gasteiger partial charge in [-0.05, 0) is 45.0 Å².